The third-order valence-corrected chi connectivity index (χ3v) is 3.62. The van der Waals surface area contributed by atoms with Crippen LogP contribution in [0.3, 0.4) is 0 Å². The zero-order chi connectivity index (χ0) is 17.1. The van der Waals surface area contributed by atoms with Gasteiger partial charge in [-0.15, -0.1) is 0 Å². The van der Waals surface area contributed by atoms with Gasteiger partial charge in [-0.05, 0) is 43.7 Å². The van der Waals surface area contributed by atoms with Crippen LogP contribution in [-0.4, -0.2) is 10.5 Å². The molecule has 2 aromatic heterocycles. The van der Waals surface area contributed by atoms with Gasteiger partial charge in [0.1, 0.15) is 11.5 Å². The maximum Gasteiger partial charge on any atom is 0.379 e. The third-order valence-electron chi connectivity index (χ3n) is 3.62. The lowest BCUT2D eigenvalue weighted by molar-refractivity contribution is 0.0698. The number of hydrogen-bond acceptors (Lipinski definition) is 4. The summed E-state index contributed by atoms with van der Waals surface area (Å²) in [5.74, 6) is 0.557. The summed E-state index contributed by atoms with van der Waals surface area (Å²) in [4.78, 5) is 23.9. The fourth-order valence-corrected chi connectivity index (χ4v) is 2.40. The van der Waals surface area contributed by atoms with Gasteiger partial charge in [0.2, 0.25) is 5.76 Å². The van der Waals surface area contributed by atoms with Crippen LogP contribution in [0.5, 0.6) is 5.75 Å². The van der Waals surface area contributed by atoms with Crippen LogP contribution in [0.15, 0.2) is 63.9 Å². The SMILES string of the molecule is Cc1ccc(OC(=O)c2ccc(Cn3ccccc3=O)o2)c(C)c1. The Labute approximate surface area is 139 Å². The molecule has 0 fully saturated rings. The Hall–Kier alpha value is -3.08. The molecule has 0 N–H and O–H groups in total. The number of aromatic nitrogens is 1. The van der Waals surface area contributed by atoms with E-state index in [4.69, 9.17) is 9.15 Å². The molecular weight excluding hydrogens is 306 g/mol. The Morgan fingerprint density at radius 2 is 1.96 bits per heavy atom. The molecule has 0 saturated heterocycles. The van der Waals surface area contributed by atoms with E-state index in [1.807, 2.05) is 26.0 Å². The van der Waals surface area contributed by atoms with Crippen molar-refractivity contribution < 1.29 is 13.9 Å². The highest BCUT2D eigenvalue weighted by atomic mass is 16.5. The summed E-state index contributed by atoms with van der Waals surface area (Å²) in [5.41, 5.74) is 1.85. The number of furan rings is 1. The average molecular weight is 323 g/mol. The van der Waals surface area contributed by atoms with E-state index in [-0.39, 0.29) is 17.9 Å². The van der Waals surface area contributed by atoms with Crippen molar-refractivity contribution in [3.05, 3.63) is 87.7 Å². The van der Waals surface area contributed by atoms with E-state index in [1.54, 1.807) is 36.5 Å². The lowest BCUT2D eigenvalue weighted by Crippen LogP contribution is -2.17. The van der Waals surface area contributed by atoms with Crippen molar-refractivity contribution in [2.75, 3.05) is 0 Å². The van der Waals surface area contributed by atoms with Crippen LogP contribution >= 0.6 is 0 Å². The first kappa shape index (κ1) is 15.8. The maximum absolute atomic E-state index is 12.2. The van der Waals surface area contributed by atoms with E-state index in [0.29, 0.717) is 11.5 Å². The largest absolute Gasteiger partial charge is 0.452 e. The molecule has 24 heavy (non-hydrogen) atoms. The standard InChI is InChI=1S/C19H17NO4/c1-13-6-8-16(14(2)11-13)24-19(22)17-9-7-15(23-17)12-20-10-4-3-5-18(20)21/h3-11H,12H2,1-2H3. The second kappa shape index (κ2) is 6.58. The Balaban J connectivity index is 1.74. The van der Waals surface area contributed by atoms with Crippen molar-refractivity contribution in [1.82, 2.24) is 4.57 Å². The van der Waals surface area contributed by atoms with Crippen LogP contribution in [0.1, 0.15) is 27.4 Å². The fourth-order valence-electron chi connectivity index (χ4n) is 2.40. The third kappa shape index (κ3) is 3.46. The van der Waals surface area contributed by atoms with E-state index in [2.05, 4.69) is 0 Å². The van der Waals surface area contributed by atoms with Crippen LogP contribution in [0.2, 0.25) is 0 Å². The van der Waals surface area contributed by atoms with Crippen molar-refractivity contribution in [3.63, 3.8) is 0 Å². The second-order valence-electron chi connectivity index (χ2n) is 5.59. The molecule has 3 rings (SSSR count). The number of benzene rings is 1. The van der Waals surface area contributed by atoms with Gasteiger partial charge in [0.05, 0.1) is 6.54 Å². The van der Waals surface area contributed by atoms with E-state index in [9.17, 15) is 9.59 Å². The van der Waals surface area contributed by atoms with Crippen LogP contribution < -0.4 is 10.3 Å². The van der Waals surface area contributed by atoms with E-state index >= 15 is 0 Å². The number of aryl methyl sites for hydroxylation is 2. The Morgan fingerprint density at radius 1 is 1.12 bits per heavy atom. The molecule has 5 heteroatoms. The van der Waals surface area contributed by atoms with Crippen molar-refractivity contribution in [2.45, 2.75) is 20.4 Å². The monoisotopic (exact) mass is 323 g/mol. The minimum absolute atomic E-state index is 0.106. The molecule has 0 spiro atoms. The minimum atomic E-state index is -0.561. The van der Waals surface area contributed by atoms with Crippen molar-refractivity contribution in [3.8, 4) is 5.75 Å². The van der Waals surface area contributed by atoms with Gasteiger partial charge in [-0.1, -0.05) is 23.8 Å². The van der Waals surface area contributed by atoms with Gasteiger partial charge in [-0.3, -0.25) is 4.79 Å². The lowest BCUT2D eigenvalue weighted by Gasteiger charge is -2.06. The molecule has 0 bridgehead atoms. The highest BCUT2D eigenvalue weighted by Gasteiger charge is 2.15. The van der Waals surface area contributed by atoms with Crippen LogP contribution in [0.25, 0.3) is 0 Å². The first-order chi connectivity index (χ1) is 11.5. The summed E-state index contributed by atoms with van der Waals surface area (Å²) in [7, 11) is 0. The lowest BCUT2D eigenvalue weighted by atomic mass is 10.1. The van der Waals surface area contributed by atoms with Gasteiger partial charge < -0.3 is 13.7 Å². The molecule has 1 aromatic carbocycles. The molecule has 2 heterocycles. The number of carbonyl (C=O) groups excluding carboxylic acids is 1. The summed E-state index contributed by atoms with van der Waals surface area (Å²) >= 11 is 0. The summed E-state index contributed by atoms with van der Waals surface area (Å²) in [6.07, 6.45) is 1.67. The Morgan fingerprint density at radius 3 is 2.71 bits per heavy atom. The molecule has 122 valence electrons. The molecule has 0 saturated carbocycles. The zero-order valence-electron chi connectivity index (χ0n) is 13.5. The fraction of sp³-hybridized carbons (Fsp3) is 0.158. The molecule has 3 aromatic rings. The molecule has 0 aliphatic rings. The number of nitrogens with zero attached hydrogens (tertiary/aromatic N) is 1. The molecule has 0 unspecified atom stereocenters. The molecule has 5 nitrogen and oxygen atoms in total. The Kier molecular flexibility index (Phi) is 4.33. The first-order valence-corrected chi connectivity index (χ1v) is 7.56. The summed E-state index contributed by atoms with van der Waals surface area (Å²) in [5, 5.41) is 0. The second-order valence-corrected chi connectivity index (χ2v) is 5.59. The van der Waals surface area contributed by atoms with E-state index in [0.717, 1.165) is 11.1 Å². The predicted molar refractivity (Wildman–Crippen MR) is 89.4 cm³/mol. The van der Waals surface area contributed by atoms with Gasteiger partial charge in [0.25, 0.3) is 5.56 Å². The number of pyridine rings is 1. The average Bonchev–Trinajstić information content (AvgIpc) is 3.01. The van der Waals surface area contributed by atoms with Gasteiger partial charge in [-0.25, -0.2) is 4.79 Å². The van der Waals surface area contributed by atoms with E-state index < -0.39 is 5.97 Å². The smallest absolute Gasteiger partial charge is 0.379 e. The predicted octanol–water partition coefficient (Wildman–Crippen LogP) is 3.33. The summed E-state index contributed by atoms with van der Waals surface area (Å²) in [6.45, 7) is 4.12. The van der Waals surface area contributed by atoms with E-state index in [1.165, 1.54) is 10.6 Å². The quantitative estimate of drug-likeness (QED) is 0.546. The highest BCUT2D eigenvalue weighted by molar-refractivity contribution is 5.88. The number of hydrogen-bond donors (Lipinski definition) is 0. The normalized spacial score (nSPS) is 10.6. The van der Waals surface area contributed by atoms with Crippen molar-refractivity contribution in [2.24, 2.45) is 0 Å². The van der Waals surface area contributed by atoms with Crippen LogP contribution in [-0.2, 0) is 6.54 Å². The molecular formula is C19H17NO4. The number of esters is 1. The molecule has 0 aliphatic carbocycles. The van der Waals surface area contributed by atoms with Crippen molar-refractivity contribution >= 4 is 5.97 Å². The summed E-state index contributed by atoms with van der Waals surface area (Å²) < 4.78 is 12.4. The number of carbonyl (C=O) groups is 1. The Bertz CT molecular complexity index is 936. The van der Waals surface area contributed by atoms with Gasteiger partial charge in [-0.2, -0.15) is 0 Å². The molecule has 0 atom stereocenters. The highest BCUT2D eigenvalue weighted by Crippen LogP contribution is 2.20. The minimum Gasteiger partial charge on any atom is -0.452 e. The zero-order valence-corrected chi connectivity index (χ0v) is 13.5. The van der Waals surface area contributed by atoms with Crippen LogP contribution in [0.4, 0.5) is 0 Å². The summed E-state index contributed by atoms with van der Waals surface area (Å²) in [6, 6.07) is 13.7. The number of rotatable bonds is 4. The molecule has 0 aliphatic heterocycles. The van der Waals surface area contributed by atoms with Crippen molar-refractivity contribution in [1.29, 1.82) is 0 Å². The maximum atomic E-state index is 12.2. The van der Waals surface area contributed by atoms with Gasteiger partial charge in [0.15, 0.2) is 0 Å². The first-order valence-electron chi connectivity index (χ1n) is 7.56. The van der Waals surface area contributed by atoms with Gasteiger partial charge in [0, 0.05) is 12.3 Å². The topological polar surface area (TPSA) is 61.4 Å². The molecule has 0 amide bonds. The number of ether oxygens (including phenoxy) is 1. The van der Waals surface area contributed by atoms with Crippen LogP contribution in [0, 0.1) is 13.8 Å². The van der Waals surface area contributed by atoms with Gasteiger partial charge >= 0.3 is 5.97 Å². The molecule has 0 radical (unpaired) electrons.